The van der Waals surface area contributed by atoms with Gasteiger partial charge in [0, 0.05) is 27.3 Å². The Bertz CT molecular complexity index is 894. The number of hydrogen-bond acceptors (Lipinski definition) is 3. The zero-order valence-corrected chi connectivity index (χ0v) is 16.4. The first-order valence-electron chi connectivity index (χ1n) is 8.67. The summed E-state index contributed by atoms with van der Waals surface area (Å²) in [4.78, 5) is 36.2. The van der Waals surface area contributed by atoms with Gasteiger partial charge in [0.25, 0.3) is 5.91 Å². The fraction of sp³-hybridized carbons (Fsp3) is 0.250. The minimum absolute atomic E-state index is 0.0168. The van der Waals surface area contributed by atoms with E-state index in [1.54, 1.807) is 30.3 Å². The van der Waals surface area contributed by atoms with Crippen LogP contribution in [0.3, 0.4) is 0 Å². The fourth-order valence-corrected chi connectivity index (χ4v) is 3.03. The highest BCUT2D eigenvalue weighted by Crippen LogP contribution is 2.30. The van der Waals surface area contributed by atoms with Gasteiger partial charge in [0.2, 0.25) is 11.8 Å². The quantitative estimate of drug-likeness (QED) is 0.656. The lowest BCUT2D eigenvalue weighted by atomic mass is 10.2. The molecule has 0 unspecified atom stereocenters. The van der Waals surface area contributed by atoms with Gasteiger partial charge < -0.3 is 16.0 Å². The normalized spacial score (nSPS) is 13.0. The first kappa shape index (κ1) is 19.1. The third kappa shape index (κ3) is 5.40. The number of aryl methyl sites for hydroxylation is 1. The minimum Gasteiger partial charge on any atom is -0.343 e. The molecule has 3 amide bonds. The summed E-state index contributed by atoms with van der Waals surface area (Å²) in [5.41, 5.74) is 2.58. The molecule has 0 heterocycles. The van der Waals surface area contributed by atoms with Gasteiger partial charge >= 0.3 is 0 Å². The molecule has 0 spiro atoms. The molecule has 2 aromatic rings. The number of rotatable bonds is 6. The van der Waals surface area contributed by atoms with Crippen LogP contribution in [0.1, 0.15) is 28.8 Å². The number of halogens is 1. The van der Waals surface area contributed by atoms with E-state index in [9.17, 15) is 14.4 Å². The Labute approximate surface area is 165 Å². The smallest absolute Gasteiger partial charge is 0.251 e. The second kappa shape index (κ2) is 8.35. The van der Waals surface area contributed by atoms with Crippen molar-refractivity contribution in [1.82, 2.24) is 5.32 Å². The number of amides is 3. The molecular weight excluding hydrogens is 410 g/mol. The summed E-state index contributed by atoms with van der Waals surface area (Å²) < 4.78 is 0.931. The highest BCUT2D eigenvalue weighted by molar-refractivity contribution is 9.10. The van der Waals surface area contributed by atoms with E-state index in [-0.39, 0.29) is 30.2 Å². The molecular formula is C20H20BrN3O3. The van der Waals surface area contributed by atoms with Crippen LogP contribution in [0.5, 0.6) is 0 Å². The molecule has 0 radical (unpaired) electrons. The first-order chi connectivity index (χ1) is 12.9. The standard InChI is InChI=1S/C20H20BrN3O3/c1-12-9-15(21)7-8-17(12)24-18(25)11-22-19(26)14-3-2-4-16(10-14)23-20(27)13-5-6-13/h2-4,7-10,13H,5-6,11H2,1H3,(H,22,26)(H,23,27)(H,24,25). The Hall–Kier alpha value is -2.67. The highest BCUT2D eigenvalue weighted by atomic mass is 79.9. The minimum atomic E-state index is -0.375. The van der Waals surface area contributed by atoms with Crippen molar-refractivity contribution in [2.75, 3.05) is 17.2 Å². The van der Waals surface area contributed by atoms with Gasteiger partial charge in [-0.3, -0.25) is 14.4 Å². The van der Waals surface area contributed by atoms with Crippen molar-refractivity contribution in [2.24, 2.45) is 5.92 Å². The Morgan fingerprint density at radius 3 is 2.56 bits per heavy atom. The van der Waals surface area contributed by atoms with Gasteiger partial charge in [-0.25, -0.2) is 0 Å². The van der Waals surface area contributed by atoms with Gasteiger partial charge in [-0.1, -0.05) is 22.0 Å². The molecule has 0 atom stereocenters. The van der Waals surface area contributed by atoms with Crippen molar-refractivity contribution < 1.29 is 14.4 Å². The molecule has 3 N–H and O–H groups in total. The van der Waals surface area contributed by atoms with E-state index < -0.39 is 0 Å². The Morgan fingerprint density at radius 2 is 1.85 bits per heavy atom. The van der Waals surface area contributed by atoms with Crippen molar-refractivity contribution >= 4 is 45.0 Å². The summed E-state index contributed by atoms with van der Waals surface area (Å²) in [5, 5.41) is 8.17. The number of carbonyl (C=O) groups excluding carboxylic acids is 3. The van der Waals surface area contributed by atoms with Gasteiger partial charge in [0.05, 0.1) is 6.54 Å². The predicted molar refractivity (Wildman–Crippen MR) is 108 cm³/mol. The molecule has 1 aliphatic rings. The van der Waals surface area contributed by atoms with Crippen LogP contribution in [0.15, 0.2) is 46.9 Å². The van der Waals surface area contributed by atoms with Crippen molar-refractivity contribution in [3.05, 3.63) is 58.1 Å². The van der Waals surface area contributed by atoms with E-state index in [4.69, 9.17) is 0 Å². The van der Waals surface area contributed by atoms with Gasteiger partial charge in [-0.05, 0) is 61.7 Å². The molecule has 1 saturated carbocycles. The predicted octanol–water partition coefficient (Wildman–Crippen LogP) is 3.47. The third-order valence-corrected chi connectivity index (χ3v) is 4.71. The highest BCUT2D eigenvalue weighted by Gasteiger charge is 2.29. The number of nitrogens with one attached hydrogen (secondary N) is 3. The Morgan fingerprint density at radius 1 is 1.07 bits per heavy atom. The van der Waals surface area contributed by atoms with Crippen molar-refractivity contribution in [3.8, 4) is 0 Å². The van der Waals surface area contributed by atoms with E-state index in [1.165, 1.54) is 0 Å². The second-order valence-electron chi connectivity index (χ2n) is 6.53. The lowest BCUT2D eigenvalue weighted by Crippen LogP contribution is -2.33. The van der Waals surface area contributed by atoms with Crippen LogP contribution in [0, 0.1) is 12.8 Å². The van der Waals surface area contributed by atoms with Crippen molar-refractivity contribution in [2.45, 2.75) is 19.8 Å². The second-order valence-corrected chi connectivity index (χ2v) is 7.45. The molecule has 0 aliphatic heterocycles. The van der Waals surface area contributed by atoms with E-state index >= 15 is 0 Å². The molecule has 1 aliphatic carbocycles. The maximum Gasteiger partial charge on any atom is 0.251 e. The molecule has 0 bridgehead atoms. The maximum absolute atomic E-state index is 12.3. The largest absolute Gasteiger partial charge is 0.343 e. The van der Waals surface area contributed by atoms with Crippen LogP contribution in [0.4, 0.5) is 11.4 Å². The Kier molecular flexibility index (Phi) is 5.91. The summed E-state index contributed by atoms with van der Waals surface area (Å²) >= 11 is 3.37. The van der Waals surface area contributed by atoms with E-state index in [0.717, 1.165) is 22.9 Å². The third-order valence-electron chi connectivity index (χ3n) is 4.21. The van der Waals surface area contributed by atoms with E-state index in [2.05, 4.69) is 31.9 Å². The fourth-order valence-electron chi connectivity index (χ4n) is 2.55. The zero-order valence-electron chi connectivity index (χ0n) is 14.8. The van der Waals surface area contributed by atoms with Gasteiger partial charge in [0.1, 0.15) is 0 Å². The topological polar surface area (TPSA) is 87.3 Å². The Balaban J connectivity index is 1.53. The molecule has 7 heteroatoms. The molecule has 1 fully saturated rings. The summed E-state index contributed by atoms with van der Waals surface area (Å²) in [7, 11) is 0. The van der Waals surface area contributed by atoms with Crippen molar-refractivity contribution in [3.63, 3.8) is 0 Å². The average Bonchev–Trinajstić information content (AvgIpc) is 3.47. The van der Waals surface area contributed by atoms with Crippen LogP contribution >= 0.6 is 15.9 Å². The van der Waals surface area contributed by atoms with E-state index in [1.807, 2.05) is 19.1 Å². The van der Waals surface area contributed by atoms with Gasteiger partial charge in [-0.2, -0.15) is 0 Å². The lowest BCUT2D eigenvalue weighted by Gasteiger charge is -2.10. The maximum atomic E-state index is 12.3. The number of anilines is 2. The lowest BCUT2D eigenvalue weighted by molar-refractivity contribution is -0.117. The van der Waals surface area contributed by atoms with Gasteiger partial charge in [-0.15, -0.1) is 0 Å². The summed E-state index contributed by atoms with van der Waals surface area (Å²) in [5.74, 6) is -0.614. The van der Waals surface area contributed by atoms with E-state index in [0.29, 0.717) is 16.9 Å². The van der Waals surface area contributed by atoms with Crippen LogP contribution in [-0.4, -0.2) is 24.3 Å². The summed E-state index contributed by atoms with van der Waals surface area (Å²) in [6, 6.07) is 12.2. The molecule has 3 rings (SSSR count). The van der Waals surface area contributed by atoms with Gasteiger partial charge in [0.15, 0.2) is 0 Å². The summed E-state index contributed by atoms with van der Waals surface area (Å²) in [6.45, 7) is 1.74. The number of carbonyl (C=O) groups is 3. The van der Waals surface area contributed by atoms with Crippen LogP contribution in [0.2, 0.25) is 0 Å². The molecule has 140 valence electrons. The molecule has 0 aromatic heterocycles. The number of hydrogen-bond donors (Lipinski definition) is 3. The number of benzene rings is 2. The van der Waals surface area contributed by atoms with Crippen LogP contribution < -0.4 is 16.0 Å². The first-order valence-corrected chi connectivity index (χ1v) is 9.47. The monoisotopic (exact) mass is 429 g/mol. The van der Waals surface area contributed by atoms with Crippen LogP contribution in [0.25, 0.3) is 0 Å². The SMILES string of the molecule is Cc1cc(Br)ccc1NC(=O)CNC(=O)c1cccc(NC(=O)C2CC2)c1. The molecule has 0 saturated heterocycles. The van der Waals surface area contributed by atoms with Crippen LogP contribution in [-0.2, 0) is 9.59 Å². The summed E-state index contributed by atoms with van der Waals surface area (Å²) in [6.07, 6.45) is 1.83. The molecule has 6 nitrogen and oxygen atoms in total. The average molecular weight is 430 g/mol. The zero-order chi connectivity index (χ0) is 19.4. The molecule has 27 heavy (non-hydrogen) atoms. The van der Waals surface area contributed by atoms with Crippen molar-refractivity contribution in [1.29, 1.82) is 0 Å². The molecule has 2 aromatic carbocycles.